The first-order valence-corrected chi connectivity index (χ1v) is 10.9. The number of hydrogen-bond donors (Lipinski definition) is 2. The summed E-state index contributed by atoms with van der Waals surface area (Å²) in [4.78, 5) is 6.67. The molecule has 2 heterocycles. The predicted octanol–water partition coefficient (Wildman–Crippen LogP) is 4.27. The molecule has 160 valence electrons. The van der Waals surface area contributed by atoms with E-state index in [1.807, 2.05) is 7.05 Å². The van der Waals surface area contributed by atoms with E-state index in [1.54, 1.807) is 11.3 Å². The molecule has 0 radical (unpaired) electrons. The van der Waals surface area contributed by atoms with Gasteiger partial charge < -0.3 is 20.3 Å². The van der Waals surface area contributed by atoms with Gasteiger partial charge in [0.05, 0.1) is 0 Å². The monoisotopic (exact) mass is 528 g/mol. The lowest BCUT2D eigenvalue weighted by Crippen LogP contribution is -2.58. The van der Waals surface area contributed by atoms with Crippen LogP contribution in [-0.4, -0.2) is 50.3 Å². The number of rotatable bonds is 7. The zero-order valence-electron chi connectivity index (χ0n) is 17.6. The van der Waals surface area contributed by atoms with Crippen LogP contribution < -0.4 is 10.6 Å². The maximum absolute atomic E-state index is 5.66. The quantitative estimate of drug-likeness (QED) is 0.320. The molecule has 0 bridgehead atoms. The number of benzene rings is 1. The molecule has 2 aromatic rings. The number of thiophene rings is 1. The lowest BCUT2D eigenvalue weighted by Gasteiger charge is -2.41. The van der Waals surface area contributed by atoms with Crippen LogP contribution in [0.1, 0.15) is 36.9 Å². The highest BCUT2D eigenvalue weighted by molar-refractivity contribution is 14.0. The molecule has 29 heavy (non-hydrogen) atoms. The standard InChI is InChI=1S/C22H32N4OS.HI/c1-18(20-7-5-4-6-8-20)25-22(10-12-27-13-11-22)17-24-21(23-2)26(3)15-19-9-14-28-16-19;/h4-9,14,16,18,25H,10-13,15,17H2,1-3H3,(H,23,24);1H. The van der Waals surface area contributed by atoms with Crippen LogP contribution in [-0.2, 0) is 11.3 Å². The third-order valence-corrected chi connectivity index (χ3v) is 6.16. The highest BCUT2D eigenvalue weighted by Gasteiger charge is 2.34. The molecule has 1 aliphatic rings. The predicted molar refractivity (Wildman–Crippen MR) is 133 cm³/mol. The molecule has 1 aromatic carbocycles. The summed E-state index contributed by atoms with van der Waals surface area (Å²) >= 11 is 1.73. The molecular weight excluding hydrogens is 495 g/mol. The van der Waals surface area contributed by atoms with Crippen LogP contribution in [0.4, 0.5) is 0 Å². The lowest BCUT2D eigenvalue weighted by molar-refractivity contribution is 0.0353. The second-order valence-corrected chi connectivity index (χ2v) is 8.34. The topological polar surface area (TPSA) is 48.9 Å². The maximum atomic E-state index is 5.66. The smallest absolute Gasteiger partial charge is 0.193 e. The molecule has 5 nitrogen and oxygen atoms in total. The molecule has 0 spiro atoms. The van der Waals surface area contributed by atoms with E-state index >= 15 is 0 Å². The van der Waals surface area contributed by atoms with Crippen molar-refractivity contribution in [3.63, 3.8) is 0 Å². The van der Waals surface area contributed by atoms with Gasteiger partial charge in [0.25, 0.3) is 0 Å². The van der Waals surface area contributed by atoms with Crippen LogP contribution >= 0.6 is 35.3 Å². The fraction of sp³-hybridized carbons (Fsp3) is 0.500. The van der Waals surface area contributed by atoms with E-state index in [0.717, 1.165) is 45.1 Å². The molecule has 1 unspecified atom stereocenters. The minimum Gasteiger partial charge on any atom is -0.381 e. The van der Waals surface area contributed by atoms with Crippen molar-refractivity contribution < 1.29 is 4.74 Å². The summed E-state index contributed by atoms with van der Waals surface area (Å²) in [6.07, 6.45) is 1.98. The van der Waals surface area contributed by atoms with E-state index < -0.39 is 0 Å². The molecule has 0 aliphatic carbocycles. The number of hydrogen-bond acceptors (Lipinski definition) is 4. The first-order chi connectivity index (χ1) is 13.6. The fourth-order valence-electron chi connectivity index (χ4n) is 3.78. The van der Waals surface area contributed by atoms with Gasteiger partial charge in [-0.3, -0.25) is 4.99 Å². The third-order valence-electron chi connectivity index (χ3n) is 5.43. The molecule has 1 atom stereocenters. The van der Waals surface area contributed by atoms with Crippen molar-refractivity contribution in [1.29, 1.82) is 0 Å². The summed E-state index contributed by atoms with van der Waals surface area (Å²) in [5.41, 5.74) is 2.62. The summed E-state index contributed by atoms with van der Waals surface area (Å²) in [6, 6.07) is 13.1. The summed E-state index contributed by atoms with van der Waals surface area (Å²) < 4.78 is 5.66. The molecule has 1 aromatic heterocycles. The van der Waals surface area contributed by atoms with Crippen molar-refractivity contribution in [3.8, 4) is 0 Å². The van der Waals surface area contributed by atoms with Gasteiger partial charge in [-0.15, -0.1) is 24.0 Å². The van der Waals surface area contributed by atoms with E-state index in [0.29, 0.717) is 0 Å². The number of halogens is 1. The van der Waals surface area contributed by atoms with Gasteiger partial charge in [-0.2, -0.15) is 11.3 Å². The van der Waals surface area contributed by atoms with Crippen molar-refractivity contribution in [2.75, 3.05) is 33.9 Å². The minimum absolute atomic E-state index is 0. The first-order valence-electron chi connectivity index (χ1n) is 9.95. The first kappa shape index (κ1) is 24.1. The Balaban J connectivity index is 0.00000300. The van der Waals surface area contributed by atoms with E-state index in [4.69, 9.17) is 4.74 Å². The van der Waals surface area contributed by atoms with Crippen LogP contribution in [0.25, 0.3) is 0 Å². The van der Waals surface area contributed by atoms with Gasteiger partial charge in [0.1, 0.15) is 0 Å². The Morgan fingerprint density at radius 1 is 1.24 bits per heavy atom. The van der Waals surface area contributed by atoms with Crippen molar-refractivity contribution >= 4 is 41.3 Å². The average molecular weight is 529 g/mol. The number of nitrogens with zero attached hydrogens (tertiary/aromatic N) is 2. The molecule has 2 N–H and O–H groups in total. The third kappa shape index (κ3) is 6.94. The Morgan fingerprint density at radius 3 is 2.59 bits per heavy atom. The molecular formula is C22H33IN4OS. The van der Waals surface area contributed by atoms with Crippen molar-refractivity contribution in [1.82, 2.24) is 15.5 Å². The zero-order valence-corrected chi connectivity index (χ0v) is 20.7. The maximum Gasteiger partial charge on any atom is 0.193 e. The van der Waals surface area contributed by atoms with E-state index in [2.05, 4.69) is 81.7 Å². The normalized spacial score (nSPS) is 17.3. The molecule has 7 heteroatoms. The van der Waals surface area contributed by atoms with Gasteiger partial charge in [-0.05, 0) is 47.7 Å². The van der Waals surface area contributed by atoms with Crippen molar-refractivity contribution in [2.45, 2.75) is 37.9 Å². The summed E-state index contributed by atoms with van der Waals surface area (Å²) in [5, 5.41) is 11.8. The van der Waals surface area contributed by atoms with E-state index in [9.17, 15) is 0 Å². The van der Waals surface area contributed by atoms with Gasteiger partial charge in [-0.1, -0.05) is 30.3 Å². The van der Waals surface area contributed by atoms with Gasteiger partial charge in [0.15, 0.2) is 5.96 Å². The molecule has 0 amide bonds. The number of aliphatic imine (C=N–C) groups is 1. The van der Waals surface area contributed by atoms with Crippen LogP contribution in [0, 0.1) is 0 Å². The Labute approximate surface area is 196 Å². The Kier molecular flexibility index (Phi) is 9.88. The van der Waals surface area contributed by atoms with Gasteiger partial charge in [0.2, 0.25) is 0 Å². The molecule has 3 rings (SSSR count). The molecule has 1 aliphatic heterocycles. The number of nitrogens with one attached hydrogen (secondary N) is 2. The summed E-state index contributed by atoms with van der Waals surface area (Å²) in [6.45, 7) is 5.50. The summed E-state index contributed by atoms with van der Waals surface area (Å²) in [7, 11) is 3.94. The average Bonchev–Trinajstić information content (AvgIpc) is 3.23. The largest absolute Gasteiger partial charge is 0.381 e. The van der Waals surface area contributed by atoms with Crippen LogP contribution in [0.2, 0.25) is 0 Å². The van der Waals surface area contributed by atoms with Crippen LogP contribution in [0.5, 0.6) is 0 Å². The lowest BCUT2D eigenvalue weighted by atomic mass is 9.88. The molecule has 1 saturated heterocycles. The molecule has 0 saturated carbocycles. The number of guanidine groups is 1. The van der Waals surface area contributed by atoms with Gasteiger partial charge in [-0.25, -0.2) is 0 Å². The Bertz CT molecular complexity index is 733. The summed E-state index contributed by atoms with van der Waals surface area (Å²) in [5.74, 6) is 0.922. The minimum atomic E-state index is -0.00727. The van der Waals surface area contributed by atoms with Gasteiger partial charge in [0, 0.05) is 52.0 Å². The van der Waals surface area contributed by atoms with Gasteiger partial charge >= 0.3 is 0 Å². The van der Waals surface area contributed by atoms with Crippen molar-refractivity contribution in [2.24, 2.45) is 4.99 Å². The second kappa shape index (κ2) is 11.9. The van der Waals surface area contributed by atoms with E-state index in [1.165, 1.54) is 11.1 Å². The van der Waals surface area contributed by atoms with Crippen LogP contribution in [0.3, 0.4) is 0 Å². The number of ether oxygens (including phenoxy) is 1. The highest BCUT2D eigenvalue weighted by atomic mass is 127. The highest BCUT2D eigenvalue weighted by Crippen LogP contribution is 2.25. The van der Waals surface area contributed by atoms with Crippen LogP contribution in [0.15, 0.2) is 52.2 Å². The Hall–Kier alpha value is -1.16. The SMILES string of the molecule is CN=C(NCC1(NC(C)c2ccccc2)CCOCC1)N(C)Cc1ccsc1.I. The Morgan fingerprint density at radius 2 is 1.97 bits per heavy atom. The van der Waals surface area contributed by atoms with Crippen molar-refractivity contribution in [3.05, 3.63) is 58.3 Å². The molecule has 1 fully saturated rings. The van der Waals surface area contributed by atoms with E-state index in [-0.39, 0.29) is 35.6 Å². The fourth-order valence-corrected chi connectivity index (χ4v) is 4.44. The second-order valence-electron chi connectivity index (χ2n) is 7.56. The zero-order chi connectivity index (χ0) is 19.8.